The molecule has 2 atom stereocenters. The molecule has 64 valence electrons. The molecule has 11 heavy (non-hydrogen) atoms. The van der Waals surface area contributed by atoms with E-state index >= 15 is 0 Å². The Morgan fingerprint density at radius 1 is 1.55 bits per heavy atom. The maximum atomic E-state index is 5.90. The summed E-state index contributed by atoms with van der Waals surface area (Å²) in [6, 6.07) is 0. The minimum absolute atomic E-state index is 0.436. The minimum Gasteiger partial charge on any atom is -0.381 e. The number of rotatable bonds is 1. The molecule has 2 heteroatoms. The molecule has 0 aromatic heterocycles. The second-order valence-electron chi connectivity index (χ2n) is 4.39. The van der Waals surface area contributed by atoms with Crippen molar-refractivity contribution in [2.45, 2.75) is 20.3 Å². The Labute approximate surface area is 73.1 Å². The van der Waals surface area contributed by atoms with Crippen molar-refractivity contribution in [2.75, 3.05) is 19.1 Å². The zero-order chi connectivity index (χ0) is 8.11. The van der Waals surface area contributed by atoms with Gasteiger partial charge in [-0.1, -0.05) is 13.8 Å². The fourth-order valence-electron chi connectivity index (χ4n) is 2.77. The second-order valence-corrected chi connectivity index (χ2v) is 4.70. The monoisotopic (exact) mass is 174 g/mol. The molecule has 2 rings (SSSR count). The van der Waals surface area contributed by atoms with Gasteiger partial charge in [0.1, 0.15) is 0 Å². The van der Waals surface area contributed by atoms with Crippen molar-refractivity contribution >= 4 is 11.6 Å². The number of hydrogen-bond donors (Lipinski definition) is 0. The summed E-state index contributed by atoms with van der Waals surface area (Å²) in [4.78, 5) is 0. The average molecular weight is 175 g/mol. The smallest absolute Gasteiger partial charge is 0.0531 e. The fraction of sp³-hybridized carbons (Fsp3) is 1.00. The van der Waals surface area contributed by atoms with Gasteiger partial charge in [0.15, 0.2) is 0 Å². The van der Waals surface area contributed by atoms with Crippen LogP contribution in [0.3, 0.4) is 0 Å². The van der Waals surface area contributed by atoms with Gasteiger partial charge < -0.3 is 4.74 Å². The molecule has 0 aromatic carbocycles. The van der Waals surface area contributed by atoms with Crippen LogP contribution in [-0.4, -0.2) is 19.1 Å². The number of alkyl halides is 1. The summed E-state index contributed by atoms with van der Waals surface area (Å²) < 4.78 is 5.43. The Morgan fingerprint density at radius 3 is 2.64 bits per heavy atom. The standard InChI is InChI=1S/C9H15ClO/c1-8(2)7(5-10)9(8)3-4-11-6-9/h7H,3-6H2,1-2H3. The van der Waals surface area contributed by atoms with Crippen molar-refractivity contribution in [3.05, 3.63) is 0 Å². The van der Waals surface area contributed by atoms with E-state index in [0.29, 0.717) is 16.7 Å². The van der Waals surface area contributed by atoms with E-state index < -0.39 is 0 Å². The van der Waals surface area contributed by atoms with Gasteiger partial charge in [-0.15, -0.1) is 11.6 Å². The highest BCUT2D eigenvalue weighted by Gasteiger charge is 2.71. The Kier molecular flexibility index (Phi) is 1.53. The normalized spacial score (nSPS) is 46.6. The van der Waals surface area contributed by atoms with Gasteiger partial charge in [0.2, 0.25) is 0 Å². The Hall–Kier alpha value is 0.250. The molecule has 0 N–H and O–H groups in total. The zero-order valence-electron chi connectivity index (χ0n) is 7.19. The summed E-state index contributed by atoms with van der Waals surface area (Å²) in [7, 11) is 0. The molecule has 1 saturated carbocycles. The highest BCUT2D eigenvalue weighted by molar-refractivity contribution is 6.18. The third kappa shape index (κ3) is 0.762. The van der Waals surface area contributed by atoms with Gasteiger partial charge in [-0.3, -0.25) is 0 Å². The van der Waals surface area contributed by atoms with Crippen molar-refractivity contribution in [3.63, 3.8) is 0 Å². The van der Waals surface area contributed by atoms with E-state index in [1.807, 2.05) is 0 Å². The lowest BCUT2D eigenvalue weighted by Gasteiger charge is -2.08. The molecule has 1 spiro atoms. The van der Waals surface area contributed by atoms with Gasteiger partial charge in [0.25, 0.3) is 0 Å². The van der Waals surface area contributed by atoms with Gasteiger partial charge in [-0.05, 0) is 17.8 Å². The first-order chi connectivity index (χ1) is 5.15. The molecule has 1 saturated heterocycles. The highest BCUT2D eigenvalue weighted by Crippen LogP contribution is 2.72. The summed E-state index contributed by atoms with van der Waals surface area (Å²) in [5.74, 6) is 1.50. The molecular formula is C9H15ClO. The Morgan fingerprint density at radius 2 is 2.27 bits per heavy atom. The van der Waals surface area contributed by atoms with Crippen molar-refractivity contribution in [3.8, 4) is 0 Å². The Bertz CT molecular complexity index is 170. The SMILES string of the molecule is CC1(C)C(CCl)C12CCOC2. The van der Waals surface area contributed by atoms with Crippen LogP contribution in [0.4, 0.5) is 0 Å². The van der Waals surface area contributed by atoms with Crippen LogP contribution in [-0.2, 0) is 4.74 Å². The molecule has 1 aliphatic carbocycles. The molecule has 0 radical (unpaired) electrons. The topological polar surface area (TPSA) is 9.23 Å². The van der Waals surface area contributed by atoms with E-state index in [4.69, 9.17) is 16.3 Å². The van der Waals surface area contributed by atoms with Crippen LogP contribution in [0.5, 0.6) is 0 Å². The van der Waals surface area contributed by atoms with Gasteiger partial charge in [0.05, 0.1) is 6.61 Å². The van der Waals surface area contributed by atoms with Crippen LogP contribution in [0.25, 0.3) is 0 Å². The van der Waals surface area contributed by atoms with Gasteiger partial charge in [-0.25, -0.2) is 0 Å². The molecule has 0 aromatic rings. The van der Waals surface area contributed by atoms with Crippen LogP contribution < -0.4 is 0 Å². The summed E-state index contributed by atoms with van der Waals surface area (Å²) in [6.45, 7) is 6.51. The van der Waals surface area contributed by atoms with Crippen LogP contribution in [0.15, 0.2) is 0 Å². The van der Waals surface area contributed by atoms with Gasteiger partial charge >= 0.3 is 0 Å². The predicted octanol–water partition coefficient (Wildman–Crippen LogP) is 2.29. The molecule has 1 nitrogen and oxygen atoms in total. The van der Waals surface area contributed by atoms with Gasteiger partial charge in [0, 0.05) is 17.9 Å². The lowest BCUT2D eigenvalue weighted by Crippen LogP contribution is -2.08. The number of ether oxygens (including phenoxy) is 1. The van der Waals surface area contributed by atoms with Crippen LogP contribution in [0.1, 0.15) is 20.3 Å². The third-order valence-corrected chi connectivity index (χ3v) is 4.25. The summed E-state index contributed by atoms with van der Waals surface area (Å²) in [6.07, 6.45) is 1.22. The first-order valence-electron chi connectivity index (χ1n) is 4.29. The van der Waals surface area contributed by atoms with Crippen LogP contribution in [0, 0.1) is 16.7 Å². The van der Waals surface area contributed by atoms with Crippen LogP contribution in [0.2, 0.25) is 0 Å². The van der Waals surface area contributed by atoms with E-state index in [1.54, 1.807) is 0 Å². The predicted molar refractivity (Wildman–Crippen MR) is 45.9 cm³/mol. The van der Waals surface area contributed by atoms with Crippen molar-refractivity contribution in [1.82, 2.24) is 0 Å². The molecule has 2 aliphatic rings. The molecule has 1 heterocycles. The summed E-state index contributed by atoms with van der Waals surface area (Å²) >= 11 is 5.90. The fourth-order valence-corrected chi connectivity index (χ4v) is 3.45. The summed E-state index contributed by atoms with van der Waals surface area (Å²) in [5.41, 5.74) is 0.889. The first-order valence-corrected chi connectivity index (χ1v) is 4.82. The quantitative estimate of drug-likeness (QED) is 0.555. The van der Waals surface area contributed by atoms with E-state index in [9.17, 15) is 0 Å². The first kappa shape index (κ1) is 7.88. The lowest BCUT2D eigenvalue weighted by molar-refractivity contribution is 0.172. The van der Waals surface area contributed by atoms with E-state index in [1.165, 1.54) is 6.42 Å². The molecular weight excluding hydrogens is 160 g/mol. The molecule has 0 bridgehead atoms. The van der Waals surface area contributed by atoms with E-state index in [-0.39, 0.29) is 0 Å². The van der Waals surface area contributed by atoms with E-state index in [2.05, 4.69) is 13.8 Å². The Balaban J connectivity index is 2.17. The zero-order valence-corrected chi connectivity index (χ0v) is 7.95. The van der Waals surface area contributed by atoms with Crippen molar-refractivity contribution in [2.24, 2.45) is 16.7 Å². The maximum Gasteiger partial charge on any atom is 0.0531 e. The molecule has 2 fully saturated rings. The van der Waals surface area contributed by atoms with Crippen molar-refractivity contribution in [1.29, 1.82) is 0 Å². The number of halogens is 1. The lowest BCUT2D eigenvalue weighted by atomic mass is 9.95. The number of hydrogen-bond acceptors (Lipinski definition) is 1. The maximum absolute atomic E-state index is 5.90. The third-order valence-electron chi connectivity index (χ3n) is 3.94. The second kappa shape index (κ2) is 2.14. The highest BCUT2D eigenvalue weighted by atomic mass is 35.5. The molecule has 0 amide bonds. The average Bonchev–Trinajstić information content (AvgIpc) is 2.36. The van der Waals surface area contributed by atoms with Crippen molar-refractivity contribution < 1.29 is 4.74 Å². The largest absolute Gasteiger partial charge is 0.381 e. The van der Waals surface area contributed by atoms with Crippen LogP contribution >= 0.6 is 11.6 Å². The summed E-state index contributed by atoms with van der Waals surface area (Å²) in [5, 5.41) is 0. The van der Waals surface area contributed by atoms with Gasteiger partial charge in [-0.2, -0.15) is 0 Å². The molecule has 2 unspecified atom stereocenters. The molecule has 1 aliphatic heterocycles. The minimum atomic E-state index is 0.436. The van der Waals surface area contributed by atoms with E-state index in [0.717, 1.165) is 19.1 Å².